The normalized spacial score (nSPS) is 15.9. The van der Waals surface area contributed by atoms with E-state index in [9.17, 15) is 17.6 Å². The van der Waals surface area contributed by atoms with Crippen LogP contribution in [0.5, 0.6) is 0 Å². The lowest BCUT2D eigenvalue weighted by molar-refractivity contribution is -0.223. The second-order valence-electron chi connectivity index (χ2n) is 7.58. The Morgan fingerprint density at radius 3 is 1.43 bits per heavy atom. The molecule has 2 N–H and O–H groups in total. The van der Waals surface area contributed by atoms with Gasteiger partial charge in [-0.05, 0) is 42.7 Å². The average Bonchev–Trinajstić information content (AvgIpc) is 2.68. The second kappa shape index (κ2) is 8.64. The van der Waals surface area contributed by atoms with Crippen LogP contribution >= 0.6 is 0 Å². The third kappa shape index (κ3) is 4.24. The minimum absolute atomic E-state index is 0.00344. The van der Waals surface area contributed by atoms with E-state index < -0.39 is 23.0 Å². The fraction of sp³-hybridized carbons (Fsp3) is 0.478. The first-order valence-corrected chi connectivity index (χ1v) is 9.78. The van der Waals surface area contributed by atoms with Crippen LogP contribution in [0.25, 0.3) is 0 Å². The first-order chi connectivity index (χ1) is 13.1. The van der Waals surface area contributed by atoms with Gasteiger partial charge in [0.05, 0.1) is 0 Å². The Morgan fingerprint density at radius 1 is 0.714 bits per heavy atom. The summed E-state index contributed by atoms with van der Waals surface area (Å²) in [6, 6.07) is 10.2. The van der Waals surface area contributed by atoms with Crippen molar-refractivity contribution in [2.24, 2.45) is 5.73 Å². The smallest absolute Gasteiger partial charge is 0.327 e. The van der Waals surface area contributed by atoms with Gasteiger partial charge in [-0.15, -0.1) is 0 Å². The molecule has 2 aromatic rings. The molecule has 0 aliphatic carbocycles. The Labute approximate surface area is 165 Å². The zero-order valence-electron chi connectivity index (χ0n) is 16.9. The molecule has 1 nitrogen and oxygen atoms in total. The van der Waals surface area contributed by atoms with E-state index in [1.807, 2.05) is 27.7 Å². The predicted octanol–water partition coefficient (Wildman–Crippen LogP) is 6.92. The number of alkyl halides is 4. The van der Waals surface area contributed by atoms with Crippen molar-refractivity contribution >= 4 is 0 Å². The molecule has 0 heterocycles. The first kappa shape index (κ1) is 22.4. The molecule has 0 bridgehead atoms. The van der Waals surface area contributed by atoms with E-state index in [-0.39, 0.29) is 17.9 Å². The molecule has 2 unspecified atom stereocenters. The highest BCUT2D eigenvalue weighted by atomic mass is 19.3. The second-order valence-corrected chi connectivity index (χ2v) is 7.58. The van der Waals surface area contributed by atoms with Crippen molar-refractivity contribution in [3.8, 4) is 0 Å². The molecule has 0 saturated heterocycles. The number of nitrogens with two attached hydrogens (primary N) is 1. The van der Waals surface area contributed by atoms with Gasteiger partial charge >= 0.3 is 11.8 Å². The molecule has 2 rings (SSSR count). The summed E-state index contributed by atoms with van der Waals surface area (Å²) in [5, 5.41) is 0. The lowest BCUT2D eigenvalue weighted by Gasteiger charge is -2.28. The van der Waals surface area contributed by atoms with Gasteiger partial charge in [0, 0.05) is 17.2 Å². The zero-order valence-corrected chi connectivity index (χ0v) is 16.9. The molecule has 0 aromatic heterocycles. The molecule has 0 aliphatic rings. The molecule has 28 heavy (non-hydrogen) atoms. The third-order valence-electron chi connectivity index (χ3n) is 5.62. The van der Waals surface area contributed by atoms with Crippen molar-refractivity contribution in [3.63, 3.8) is 0 Å². The molecule has 0 saturated carbocycles. The van der Waals surface area contributed by atoms with Crippen molar-refractivity contribution in [3.05, 3.63) is 70.8 Å². The van der Waals surface area contributed by atoms with Gasteiger partial charge in [-0.2, -0.15) is 17.6 Å². The molecule has 0 amide bonds. The third-order valence-corrected chi connectivity index (χ3v) is 5.62. The standard InChI is InChI=1S/C23H29F4N/c1-5-15(3)17-7-11-19(12-8-17)22(24,25)23(26,27)20-13-9-18(10-14-20)21(6-2)16(4)28/h7-16,21H,5-6,28H2,1-4H3/t15?,16-,21?/m1/s1. The van der Waals surface area contributed by atoms with E-state index in [1.54, 1.807) is 0 Å². The molecule has 5 heteroatoms. The van der Waals surface area contributed by atoms with Crippen molar-refractivity contribution < 1.29 is 17.6 Å². The van der Waals surface area contributed by atoms with Gasteiger partial charge in [0.25, 0.3) is 0 Å². The highest BCUT2D eigenvalue weighted by molar-refractivity contribution is 5.35. The number of hydrogen-bond acceptors (Lipinski definition) is 1. The van der Waals surface area contributed by atoms with Crippen LogP contribution in [-0.2, 0) is 11.8 Å². The van der Waals surface area contributed by atoms with Crippen LogP contribution in [0.15, 0.2) is 48.5 Å². The summed E-state index contributed by atoms with van der Waals surface area (Å²) in [6.07, 6.45) is 1.59. The summed E-state index contributed by atoms with van der Waals surface area (Å²) < 4.78 is 58.9. The van der Waals surface area contributed by atoms with Crippen molar-refractivity contribution in [2.45, 2.75) is 70.3 Å². The maximum Gasteiger partial charge on any atom is 0.339 e. The van der Waals surface area contributed by atoms with Gasteiger partial charge in [0.15, 0.2) is 0 Å². The quantitative estimate of drug-likeness (QED) is 0.482. The van der Waals surface area contributed by atoms with E-state index in [1.165, 1.54) is 24.3 Å². The van der Waals surface area contributed by atoms with Crippen molar-refractivity contribution in [2.75, 3.05) is 0 Å². The maximum absolute atomic E-state index is 14.7. The summed E-state index contributed by atoms with van der Waals surface area (Å²) in [6.45, 7) is 7.75. The Morgan fingerprint density at radius 2 is 1.11 bits per heavy atom. The van der Waals surface area contributed by atoms with Crippen LogP contribution in [0.2, 0.25) is 0 Å². The first-order valence-electron chi connectivity index (χ1n) is 9.78. The summed E-state index contributed by atoms with van der Waals surface area (Å²) in [5.41, 5.74) is 6.17. The number of hydrogen-bond donors (Lipinski definition) is 1. The molecule has 2 aromatic carbocycles. The van der Waals surface area contributed by atoms with Crippen LogP contribution in [0, 0.1) is 0 Å². The number of rotatable bonds is 8. The molecular formula is C23H29F4N. The predicted molar refractivity (Wildman–Crippen MR) is 106 cm³/mol. The van der Waals surface area contributed by atoms with E-state index in [4.69, 9.17) is 5.73 Å². The molecule has 0 aliphatic heterocycles. The number of benzene rings is 2. The van der Waals surface area contributed by atoms with Crippen molar-refractivity contribution in [1.82, 2.24) is 0 Å². The Balaban J connectivity index is 2.33. The van der Waals surface area contributed by atoms with Gasteiger partial charge in [-0.25, -0.2) is 0 Å². The molecule has 154 valence electrons. The minimum atomic E-state index is -4.32. The fourth-order valence-corrected chi connectivity index (χ4v) is 3.47. The monoisotopic (exact) mass is 395 g/mol. The van der Waals surface area contributed by atoms with Gasteiger partial charge in [-0.1, -0.05) is 69.3 Å². The molecular weight excluding hydrogens is 366 g/mol. The van der Waals surface area contributed by atoms with E-state index in [0.717, 1.165) is 48.2 Å². The Bertz CT molecular complexity index is 751. The van der Waals surface area contributed by atoms with Gasteiger partial charge in [0.2, 0.25) is 0 Å². The number of halogens is 4. The van der Waals surface area contributed by atoms with E-state index >= 15 is 0 Å². The molecule has 0 radical (unpaired) electrons. The van der Waals surface area contributed by atoms with Gasteiger partial charge < -0.3 is 5.73 Å². The Hall–Kier alpha value is -1.88. The zero-order chi connectivity index (χ0) is 21.1. The summed E-state index contributed by atoms with van der Waals surface area (Å²) in [5.74, 6) is -8.45. The average molecular weight is 395 g/mol. The van der Waals surface area contributed by atoms with Gasteiger partial charge in [0.1, 0.15) is 0 Å². The summed E-state index contributed by atoms with van der Waals surface area (Å²) in [4.78, 5) is 0. The van der Waals surface area contributed by atoms with Crippen LogP contribution in [0.3, 0.4) is 0 Å². The summed E-state index contributed by atoms with van der Waals surface area (Å²) >= 11 is 0. The topological polar surface area (TPSA) is 26.0 Å². The summed E-state index contributed by atoms with van der Waals surface area (Å²) in [7, 11) is 0. The van der Waals surface area contributed by atoms with Crippen LogP contribution in [0.1, 0.15) is 74.6 Å². The lowest BCUT2D eigenvalue weighted by Crippen LogP contribution is -2.35. The van der Waals surface area contributed by atoms with E-state index in [2.05, 4.69) is 0 Å². The largest absolute Gasteiger partial charge is 0.339 e. The fourth-order valence-electron chi connectivity index (χ4n) is 3.47. The highest BCUT2D eigenvalue weighted by Crippen LogP contribution is 2.49. The van der Waals surface area contributed by atoms with Crippen molar-refractivity contribution in [1.29, 1.82) is 0 Å². The molecule has 0 spiro atoms. The maximum atomic E-state index is 14.7. The minimum Gasteiger partial charge on any atom is -0.327 e. The van der Waals surface area contributed by atoms with Crippen LogP contribution in [-0.4, -0.2) is 6.04 Å². The van der Waals surface area contributed by atoms with E-state index in [0.29, 0.717) is 0 Å². The van der Waals surface area contributed by atoms with Crippen LogP contribution in [0.4, 0.5) is 17.6 Å². The molecule has 0 fully saturated rings. The Kier molecular flexibility index (Phi) is 6.92. The van der Waals surface area contributed by atoms with Crippen LogP contribution < -0.4 is 5.73 Å². The van der Waals surface area contributed by atoms with Gasteiger partial charge in [-0.3, -0.25) is 0 Å². The highest BCUT2D eigenvalue weighted by Gasteiger charge is 2.58. The molecule has 3 atom stereocenters. The SMILES string of the molecule is CCC(C)c1ccc(C(F)(F)C(F)(F)c2ccc(C(CC)[C@@H](C)N)cc2)cc1. The lowest BCUT2D eigenvalue weighted by atomic mass is 9.88.